The van der Waals surface area contributed by atoms with E-state index < -0.39 is 0 Å². The highest BCUT2D eigenvalue weighted by Gasteiger charge is 2.12. The van der Waals surface area contributed by atoms with Crippen LogP contribution in [0.2, 0.25) is 10.2 Å². The fourth-order valence-electron chi connectivity index (χ4n) is 1.46. The van der Waals surface area contributed by atoms with Crippen LogP contribution in [0.1, 0.15) is 11.4 Å². The third kappa shape index (κ3) is 1.86. The number of hydrogen-bond donors (Lipinski definition) is 1. The van der Waals surface area contributed by atoms with Gasteiger partial charge < -0.3 is 5.73 Å². The molecule has 0 aliphatic rings. The number of rotatable bonds is 1. The first-order chi connectivity index (χ1) is 7.49. The predicted octanol–water partition coefficient (Wildman–Crippen LogP) is 2.77. The smallest absolute Gasteiger partial charge is 0.157 e. The van der Waals surface area contributed by atoms with Crippen molar-refractivity contribution in [3.8, 4) is 5.82 Å². The Morgan fingerprint density at radius 1 is 1.25 bits per heavy atom. The van der Waals surface area contributed by atoms with Crippen molar-refractivity contribution in [1.29, 1.82) is 0 Å². The van der Waals surface area contributed by atoms with Crippen LogP contribution < -0.4 is 5.73 Å². The second kappa shape index (κ2) is 3.96. The first-order valence-corrected chi connectivity index (χ1v) is 5.40. The molecule has 0 radical (unpaired) electrons. The monoisotopic (exact) mass is 256 g/mol. The Labute approximate surface area is 103 Å². The van der Waals surface area contributed by atoms with Crippen molar-refractivity contribution in [2.75, 3.05) is 5.73 Å². The summed E-state index contributed by atoms with van der Waals surface area (Å²) in [4.78, 5) is 4.15. The van der Waals surface area contributed by atoms with Crippen LogP contribution in [0.3, 0.4) is 0 Å². The second-order valence-corrected chi connectivity index (χ2v) is 4.24. The normalized spacial score (nSPS) is 10.8. The molecule has 0 atom stereocenters. The van der Waals surface area contributed by atoms with Crippen LogP contribution in [0.4, 0.5) is 5.69 Å². The van der Waals surface area contributed by atoms with Crippen molar-refractivity contribution in [2.24, 2.45) is 0 Å². The number of anilines is 1. The van der Waals surface area contributed by atoms with E-state index in [9.17, 15) is 0 Å². The van der Waals surface area contributed by atoms with Gasteiger partial charge in [-0.3, -0.25) is 0 Å². The summed E-state index contributed by atoms with van der Waals surface area (Å²) in [6.07, 6.45) is 0. The average molecular weight is 257 g/mol. The summed E-state index contributed by atoms with van der Waals surface area (Å²) in [6.45, 7) is 3.70. The standard InChI is InChI=1S/C10H10Cl2N4/c1-5-10(12)6(2)16(15-5)9-4-7(13)3-8(11)14-9/h3-4H,1-2H3,(H2,13,14). The number of nitrogens with zero attached hydrogens (tertiary/aromatic N) is 3. The molecule has 0 aromatic carbocycles. The lowest BCUT2D eigenvalue weighted by atomic mass is 10.4. The maximum absolute atomic E-state index is 6.05. The Morgan fingerprint density at radius 2 is 1.94 bits per heavy atom. The largest absolute Gasteiger partial charge is 0.399 e. The highest BCUT2D eigenvalue weighted by Crippen LogP contribution is 2.23. The summed E-state index contributed by atoms with van der Waals surface area (Å²) < 4.78 is 1.62. The average Bonchev–Trinajstić information content (AvgIpc) is 2.44. The van der Waals surface area contributed by atoms with Crippen molar-refractivity contribution < 1.29 is 0 Å². The molecule has 0 fully saturated rings. The van der Waals surface area contributed by atoms with Crippen molar-refractivity contribution in [2.45, 2.75) is 13.8 Å². The van der Waals surface area contributed by atoms with Gasteiger partial charge in [-0.25, -0.2) is 9.67 Å². The quantitative estimate of drug-likeness (QED) is 0.799. The van der Waals surface area contributed by atoms with Gasteiger partial charge >= 0.3 is 0 Å². The van der Waals surface area contributed by atoms with Crippen molar-refractivity contribution in [1.82, 2.24) is 14.8 Å². The van der Waals surface area contributed by atoms with Gasteiger partial charge in [-0.05, 0) is 19.9 Å². The van der Waals surface area contributed by atoms with E-state index in [1.54, 1.807) is 16.8 Å². The molecule has 0 bridgehead atoms. The first-order valence-electron chi connectivity index (χ1n) is 4.64. The van der Waals surface area contributed by atoms with E-state index >= 15 is 0 Å². The van der Waals surface area contributed by atoms with Crippen LogP contribution in [0.15, 0.2) is 12.1 Å². The summed E-state index contributed by atoms with van der Waals surface area (Å²) in [5, 5.41) is 5.23. The summed E-state index contributed by atoms with van der Waals surface area (Å²) >= 11 is 11.9. The van der Waals surface area contributed by atoms with Crippen LogP contribution in [0.5, 0.6) is 0 Å². The minimum atomic E-state index is 0.332. The highest BCUT2D eigenvalue weighted by molar-refractivity contribution is 6.31. The molecule has 0 unspecified atom stereocenters. The van der Waals surface area contributed by atoms with Crippen molar-refractivity contribution in [3.63, 3.8) is 0 Å². The van der Waals surface area contributed by atoms with Gasteiger partial charge in [-0.15, -0.1) is 0 Å². The molecule has 84 valence electrons. The summed E-state index contributed by atoms with van der Waals surface area (Å²) in [6, 6.07) is 3.28. The maximum atomic E-state index is 6.05. The Hall–Kier alpha value is -1.26. The lowest BCUT2D eigenvalue weighted by Crippen LogP contribution is -2.03. The molecular weight excluding hydrogens is 247 g/mol. The number of halogens is 2. The number of pyridine rings is 1. The van der Waals surface area contributed by atoms with Crippen molar-refractivity contribution in [3.05, 3.63) is 33.7 Å². The van der Waals surface area contributed by atoms with Gasteiger partial charge in [0.05, 0.1) is 16.4 Å². The molecular formula is C10H10Cl2N4. The van der Waals surface area contributed by atoms with Gasteiger partial charge in [-0.1, -0.05) is 23.2 Å². The molecule has 0 aliphatic heterocycles. The molecule has 2 heterocycles. The van der Waals surface area contributed by atoms with E-state index in [1.807, 2.05) is 13.8 Å². The van der Waals surface area contributed by atoms with Gasteiger partial charge in [0.25, 0.3) is 0 Å². The molecule has 0 spiro atoms. The lowest BCUT2D eigenvalue weighted by molar-refractivity contribution is 0.807. The van der Waals surface area contributed by atoms with E-state index in [4.69, 9.17) is 28.9 Å². The fraction of sp³-hybridized carbons (Fsp3) is 0.200. The van der Waals surface area contributed by atoms with Gasteiger partial charge in [0.1, 0.15) is 5.15 Å². The Kier molecular flexibility index (Phi) is 2.78. The number of nitrogens with two attached hydrogens (primary N) is 1. The van der Waals surface area contributed by atoms with Crippen molar-refractivity contribution >= 4 is 28.9 Å². The highest BCUT2D eigenvalue weighted by atomic mass is 35.5. The third-order valence-corrected chi connectivity index (χ3v) is 2.96. The SMILES string of the molecule is Cc1nn(-c2cc(N)cc(Cl)n2)c(C)c1Cl. The summed E-state index contributed by atoms with van der Waals surface area (Å²) in [7, 11) is 0. The molecule has 16 heavy (non-hydrogen) atoms. The molecule has 0 aliphatic carbocycles. The minimum absolute atomic E-state index is 0.332. The summed E-state index contributed by atoms with van der Waals surface area (Å²) in [5.74, 6) is 0.567. The molecule has 6 heteroatoms. The molecule has 2 aromatic heterocycles. The molecule has 2 rings (SSSR count). The molecule has 0 amide bonds. The number of aromatic nitrogens is 3. The first kappa shape index (κ1) is 11.2. The lowest BCUT2D eigenvalue weighted by Gasteiger charge is -2.04. The maximum Gasteiger partial charge on any atom is 0.157 e. The van der Waals surface area contributed by atoms with Crippen LogP contribution in [-0.4, -0.2) is 14.8 Å². The zero-order chi connectivity index (χ0) is 11.9. The Balaban J connectivity index is 2.62. The molecule has 2 aromatic rings. The number of aryl methyl sites for hydroxylation is 1. The minimum Gasteiger partial charge on any atom is -0.399 e. The van der Waals surface area contributed by atoms with Gasteiger partial charge in [0.2, 0.25) is 0 Å². The Bertz CT molecular complexity index is 528. The topological polar surface area (TPSA) is 56.7 Å². The van der Waals surface area contributed by atoms with Crippen LogP contribution in [-0.2, 0) is 0 Å². The third-order valence-electron chi connectivity index (χ3n) is 2.22. The second-order valence-electron chi connectivity index (χ2n) is 3.48. The van der Waals surface area contributed by atoms with Gasteiger partial charge in [-0.2, -0.15) is 5.10 Å². The fourth-order valence-corrected chi connectivity index (χ4v) is 1.79. The van der Waals surface area contributed by atoms with E-state index in [0.29, 0.717) is 21.7 Å². The van der Waals surface area contributed by atoms with Crippen LogP contribution in [0, 0.1) is 13.8 Å². The van der Waals surface area contributed by atoms with E-state index in [2.05, 4.69) is 10.1 Å². The van der Waals surface area contributed by atoms with E-state index in [1.165, 1.54) is 0 Å². The summed E-state index contributed by atoms with van der Waals surface area (Å²) in [5.41, 5.74) is 7.80. The van der Waals surface area contributed by atoms with Gasteiger partial charge in [0.15, 0.2) is 5.82 Å². The molecule has 2 N–H and O–H groups in total. The molecule has 0 saturated carbocycles. The van der Waals surface area contributed by atoms with Crippen LogP contribution in [0.25, 0.3) is 5.82 Å². The Morgan fingerprint density at radius 3 is 2.44 bits per heavy atom. The molecule has 0 saturated heterocycles. The van der Waals surface area contributed by atoms with Crippen LogP contribution >= 0.6 is 23.2 Å². The zero-order valence-corrected chi connectivity index (χ0v) is 10.3. The predicted molar refractivity (Wildman–Crippen MR) is 65.3 cm³/mol. The van der Waals surface area contributed by atoms with E-state index in [-0.39, 0.29) is 0 Å². The number of nitrogen functional groups attached to an aromatic ring is 1. The van der Waals surface area contributed by atoms with E-state index in [0.717, 1.165) is 11.4 Å². The van der Waals surface area contributed by atoms with Gasteiger partial charge in [0, 0.05) is 11.8 Å². The molecule has 4 nitrogen and oxygen atoms in total. The zero-order valence-electron chi connectivity index (χ0n) is 8.83. The number of hydrogen-bond acceptors (Lipinski definition) is 3.